The fraction of sp³-hybridized carbons (Fsp3) is 0.900. The number of carbonyl (C=O) groups excluding carboxylic acids is 3. The van der Waals surface area contributed by atoms with Crippen LogP contribution in [0, 0.1) is 0 Å². The Bertz CT molecular complexity index is 1460. The van der Waals surface area contributed by atoms with Crippen LogP contribution in [0.1, 0.15) is 62.3 Å². The van der Waals surface area contributed by atoms with Crippen molar-refractivity contribution in [1.82, 2.24) is 24.3 Å². The summed E-state index contributed by atoms with van der Waals surface area (Å²) in [4.78, 5) is 36.3. The average Bonchev–Trinajstić information content (AvgIpc) is 2.94. The van der Waals surface area contributed by atoms with Gasteiger partial charge in [-0.3, -0.25) is 5.84 Å². The number of nitrogens with one attached hydrogen (secondary N) is 1. The zero-order chi connectivity index (χ0) is 44.2. The van der Waals surface area contributed by atoms with E-state index in [1.807, 2.05) is 0 Å². The number of nitrogens with two attached hydrogens (primary N) is 1. The Kier molecular flexibility index (Phi) is 25.3. The number of nitrogens with zero attached hydrogens (tertiary/aromatic N) is 4. The molecule has 0 radical (unpaired) electrons. The molecule has 3 aliphatic heterocycles. The molecule has 22 nitrogen and oxygen atoms in total. The zero-order valence-corrected chi connectivity index (χ0v) is 37.7. The highest BCUT2D eigenvalue weighted by Crippen LogP contribution is 2.16. The summed E-state index contributed by atoms with van der Waals surface area (Å²) in [5.74, 6) is 5.39. The van der Waals surface area contributed by atoms with Crippen molar-refractivity contribution in [3.8, 4) is 0 Å². The molecule has 0 aromatic heterocycles. The quantitative estimate of drug-likeness (QED) is 0.133. The summed E-state index contributed by atoms with van der Waals surface area (Å²) in [5.41, 5.74) is -2.13. The summed E-state index contributed by atoms with van der Waals surface area (Å²) in [6.45, 7) is 22.3. The van der Waals surface area contributed by atoms with Gasteiger partial charge in [0.1, 0.15) is 16.8 Å². The first-order valence-electron chi connectivity index (χ1n) is 17.0. The van der Waals surface area contributed by atoms with Crippen LogP contribution < -0.4 is 10.7 Å². The summed E-state index contributed by atoms with van der Waals surface area (Å²) in [5, 5.41) is 4.83. The molecule has 3 fully saturated rings. The highest BCUT2D eigenvalue weighted by atomic mass is 35.7. The fourth-order valence-electron chi connectivity index (χ4n) is 3.57. The van der Waals surface area contributed by atoms with Crippen molar-refractivity contribution in [1.29, 1.82) is 0 Å². The topological polar surface area (TPSA) is 269 Å². The number of halogens is 1. The summed E-state index contributed by atoms with van der Waals surface area (Å²) in [7, 11) is -5.50. The van der Waals surface area contributed by atoms with Crippen LogP contribution in [0.2, 0.25) is 0 Å². The molecule has 0 aromatic carbocycles. The molecule has 0 aromatic rings. The lowest BCUT2D eigenvalue weighted by molar-refractivity contribution is -0.0528. The molecular weight excluding hydrogens is 832 g/mol. The molecule has 26 heteroatoms. The highest BCUT2D eigenvalue weighted by Gasteiger charge is 2.35. The van der Waals surface area contributed by atoms with Crippen LogP contribution in [0.25, 0.3) is 0 Å². The maximum atomic E-state index is 11.9. The van der Waals surface area contributed by atoms with Gasteiger partial charge in [0.15, 0.2) is 0 Å². The molecule has 3 heterocycles. The van der Waals surface area contributed by atoms with Gasteiger partial charge in [-0.05, 0) is 62.3 Å². The predicted molar refractivity (Wildman–Crippen MR) is 207 cm³/mol. The number of rotatable bonds is 4. The summed E-state index contributed by atoms with van der Waals surface area (Å²) in [6, 6.07) is 0. The molecule has 3 rings (SSSR count). The Labute approximate surface area is 336 Å². The molecule has 0 unspecified atom stereocenters. The van der Waals surface area contributed by atoms with Crippen LogP contribution in [0.15, 0.2) is 0 Å². The van der Waals surface area contributed by atoms with E-state index in [1.165, 1.54) is 5.01 Å². The largest absolute Gasteiger partial charge is 0.519 e. The number of morpholine rings is 3. The zero-order valence-electron chi connectivity index (χ0n) is 34.5. The molecule has 0 atom stereocenters. The Morgan fingerprint density at radius 2 is 0.946 bits per heavy atom. The number of ether oxygens (including phenoxy) is 7. The SMILES string of the molecule is CC(C)(C)OC(=O)N(N1CCOCC1)S(C)(=O)=O.CC(C)(C)OC(=O)OC(=O)OC(C)(C)C.CS(=O)(=O)Cl.CS(=O)(=O)NN1CCOCC1.NN1CCOCC1. The summed E-state index contributed by atoms with van der Waals surface area (Å²) < 4.78 is 98.4. The Balaban J connectivity index is 0. The first-order chi connectivity index (χ1) is 25.1. The van der Waals surface area contributed by atoms with E-state index in [0.717, 1.165) is 45.1 Å². The minimum atomic E-state index is -3.71. The minimum Gasteiger partial charge on any atom is -0.442 e. The second-order valence-electron chi connectivity index (χ2n) is 14.9. The van der Waals surface area contributed by atoms with Crippen LogP contribution >= 0.6 is 10.7 Å². The maximum absolute atomic E-state index is 11.9. The van der Waals surface area contributed by atoms with Gasteiger partial charge in [-0.25, -0.2) is 49.7 Å². The van der Waals surface area contributed by atoms with E-state index in [-0.39, 0.29) is 0 Å². The van der Waals surface area contributed by atoms with Gasteiger partial charge in [0, 0.05) is 50.0 Å². The minimum absolute atomic E-state index is 0.340. The van der Waals surface area contributed by atoms with Gasteiger partial charge < -0.3 is 33.2 Å². The van der Waals surface area contributed by atoms with Gasteiger partial charge in [0.05, 0.1) is 58.4 Å². The summed E-state index contributed by atoms with van der Waals surface area (Å²) >= 11 is 0. The second kappa shape index (κ2) is 25.3. The molecule has 3 N–H and O–H groups in total. The highest BCUT2D eigenvalue weighted by molar-refractivity contribution is 8.13. The molecule has 3 aliphatic rings. The van der Waals surface area contributed by atoms with Gasteiger partial charge in [-0.1, -0.05) is 0 Å². The van der Waals surface area contributed by atoms with E-state index in [4.69, 9.17) is 34.3 Å². The molecule has 1 amide bonds. The third kappa shape index (κ3) is 37.4. The van der Waals surface area contributed by atoms with E-state index >= 15 is 0 Å². The van der Waals surface area contributed by atoms with Crippen LogP contribution in [0.3, 0.4) is 0 Å². The van der Waals surface area contributed by atoms with Gasteiger partial charge in [-0.15, -0.1) is 9.25 Å². The van der Waals surface area contributed by atoms with Gasteiger partial charge in [0.25, 0.3) is 10.0 Å². The van der Waals surface area contributed by atoms with Gasteiger partial charge in [0.2, 0.25) is 19.1 Å². The average molecular weight is 896 g/mol. The molecule has 0 saturated carbocycles. The number of hydrogen-bond donors (Lipinski definition) is 2. The number of amides is 1. The third-order valence-electron chi connectivity index (χ3n) is 5.41. The van der Waals surface area contributed by atoms with Crippen molar-refractivity contribution in [2.75, 3.05) is 97.7 Å². The van der Waals surface area contributed by atoms with Crippen LogP contribution in [0.5, 0.6) is 0 Å². The number of hydrogen-bond acceptors (Lipinski definition) is 20. The third-order valence-corrected chi connectivity index (χ3v) is 7.00. The fourth-order valence-corrected chi connectivity index (χ4v) is 5.12. The number of sulfonamides is 2. The first-order valence-corrected chi connectivity index (χ1v) is 23.5. The lowest BCUT2D eigenvalue weighted by atomic mass is 10.2. The second-order valence-corrected chi connectivity index (χ2v) is 21.5. The molecule has 56 heavy (non-hydrogen) atoms. The molecule has 3 saturated heterocycles. The Hall–Kier alpha value is -2.17. The van der Waals surface area contributed by atoms with E-state index in [9.17, 15) is 39.6 Å². The monoisotopic (exact) mass is 894 g/mol. The Morgan fingerprint density at radius 1 is 0.625 bits per heavy atom. The lowest BCUT2D eigenvalue weighted by Crippen LogP contribution is -2.54. The summed E-state index contributed by atoms with van der Waals surface area (Å²) in [6.07, 6.45) is 0.0454. The lowest BCUT2D eigenvalue weighted by Gasteiger charge is -2.35. The maximum Gasteiger partial charge on any atom is 0.519 e. The molecular formula is C30H63ClN6O16S3. The van der Waals surface area contributed by atoms with E-state index in [1.54, 1.807) is 72.3 Å². The van der Waals surface area contributed by atoms with E-state index < -0.39 is 64.3 Å². The normalized spacial score (nSPS) is 17.6. The number of hydrazine groups is 3. The smallest absolute Gasteiger partial charge is 0.442 e. The van der Waals surface area contributed by atoms with Crippen molar-refractivity contribution < 1.29 is 72.8 Å². The van der Waals surface area contributed by atoms with Crippen LogP contribution in [0.4, 0.5) is 14.4 Å². The van der Waals surface area contributed by atoms with Crippen molar-refractivity contribution in [3.05, 3.63) is 0 Å². The van der Waals surface area contributed by atoms with Gasteiger partial charge in [-0.2, -0.15) is 5.01 Å². The molecule has 0 aliphatic carbocycles. The van der Waals surface area contributed by atoms with Crippen molar-refractivity contribution >= 4 is 58.2 Å². The standard InChI is InChI=1S/C10H20N2O5S.C10H18O5.C5H12N2O3S.C4H10N2O.CH3ClO2S/c1-10(2,3)17-9(13)12(18(4,14)15)11-5-7-16-8-6-11;1-9(2,3)14-7(11)13-8(12)15-10(4,5)6;1-11(8,9)6-7-2-4-10-5-3-7;5-6-1-3-7-4-2-6;1-5(2,3)4/h5-8H2,1-4H3;1-6H3;6H,2-5H2,1H3;1-5H2;1H3. The predicted octanol–water partition coefficient (Wildman–Crippen LogP) is 1.46. The van der Waals surface area contributed by atoms with E-state index in [2.05, 4.69) is 20.3 Å². The molecule has 0 spiro atoms. The number of carbonyl (C=O) groups is 3. The molecule has 334 valence electrons. The van der Waals surface area contributed by atoms with Crippen molar-refractivity contribution in [2.45, 2.75) is 79.1 Å². The molecule has 0 bridgehead atoms. The van der Waals surface area contributed by atoms with Crippen molar-refractivity contribution in [3.63, 3.8) is 0 Å². The van der Waals surface area contributed by atoms with Crippen LogP contribution in [-0.2, 0) is 62.3 Å². The van der Waals surface area contributed by atoms with Crippen LogP contribution in [-0.4, -0.2) is 178 Å². The first kappa shape index (κ1) is 55.9. The van der Waals surface area contributed by atoms with Crippen molar-refractivity contribution in [2.24, 2.45) is 5.84 Å². The van der Waals surface area contributed by atoms with Gasteiger partial charge >= 0.3 is 18.4 Å². The Morgan fingerprint density at radius 3 is 1.21 bits per heavy atom. The van der Waals surface area contributed by atoms with E-state index in [0.29, 0.717) is 57.0 Å².